The van der Waals surface area contributed by atoms with Crippen molar-refractivity contribution in [2.24, 2.45) is 0 Å². The first-order valence-corrected chi connectivity index (χ1v) is 18.9. The Balaban J connectivity index is 1.19. The molecule has 8 aromatic carbocycles. The van der Waals surface area contributed by atoms with Crippen molar-refractivity contribution in [2.45, 2.75) is 0 Å². The second-order valence-electron chi connectivity index (χ2n) is 14.2. The summed E-state index contributed by atoms with van der Waals surface area (Å²) in [6.07, 6.45) is 0. The third kappa shape index (κ3) is 4.32. The zero-order chi connectivity index (χ0) is 36.7. The molecule has 0 unspecified atom stereocenters. The number of nitrogens with zero attached hydrogens (tertiary/aromatic N) is 5. The van der Waals surface area contributed by atoms with Gasteiger partial charge >= 0.3 is 0 Å². The van der Waals surface area contributed by atoms with Crippen molar-refractivity contribution in [3.8, 4) is 39.8 Å². The fraction of sp³-hybridized carbons (Fsp3) is 0. The summed E-state index contributed by atoms with van der Waals surface area (Å²) in [4.78, 5) is 0. The van der Waals surface area contributed by atoms with Gasteiger partial charge in [-0.15, -0.1) is 10.2 Å². The van der Waals surface area contributed by atoms with Gasteiger partial charge in [0.1, 0.15) is 5.58 Å². The van der Waals surface area contributed by atoms with Gasteiger partial charge in [0, 0.05) is 43.4 Å². The molecule has 0 saturated heterocycles. The lowest BCUT2D eigenvalue weighted by molar-refractivity contribution is 0.671. The summed E-state index contributed by atoms with van der Waals surface area (Å²) in [6, 6.07) is 66.1. The van der Waals surface area contributed by atoms with E-state index >= 15 is 0 Å². The minimum Gasteiger partial charge on any atom is -0.454 e. The molecule has 0 N–H and O–H groups in total. The van der Waals surface area contributed by atoms with Gasteiger partial charge in [0.05, 0.1) is 39.1 Å². The van der Waals surface area contributed by atoms with Crippen molar-refractivity contribution in [1.29, 1.82) is 0 Å². The van der Waals surface area contributed by atoms with Crippen molar-refractivity contribution in [1.82, 2.24) is 23.9 Å². The molecule has 0 radical (unpaired) electrons. The van der Waals surface area contributed by atoms with Crippen molar-refractivity contribution >= 4 is 65.6 Å². The third-order valence-electron chi connectivity index (χ3n) is 11.2. The molecule has 4 aromatic heterocycles. The van der Waals surface area contributed by atoms with E-state index in [2.05, 4.69) is 159 Å². The van der Waals surface area contributed by atoms with Gasteiger partial charge in [0.25, 0.3) is 0 Å². The fourth-order valence-corrected chi connectivity index (χ4v) is 8.83. The highest BCUT2D eigenvalue weighted by atomic mass is 16.3. The molecule has 4 heterocycles. The van der Waals surface area contributed by atoms with Crippen LogP contribution in [0.1, 0.15) is 0 Å². The largest absolute Gasteiger partial charge is 0.454 e. The van der Waals surface area contributed by atoms with Crippen LogP contribution >= 0.6 is 0 Å². The Morgan fingerprint density at radius 3 is 1.57 bits per heavy atom. The molecule has 12 aromatic rings. The van der Waals surface area contributed by atoms with Gasteiger partial charge in [-0.25, -0.2) is 0 Å². The van der Waals surface area contributed by atoms with Crippen LogP contribution < -0.4 is 0 Å². The van der Waals surface area contributed by atoms with Crippen LogP contribution in [0.25, 0.3) is 105 Å². The Hall–Kier alpha value is -7.70. The maximum absolute atomic E-state index is 6.74. The van der Waals surface area contributed by atoms with Gasteiger partial charge < -0.3 is 13.6 Å². The topological polar surface area (TPSA) is 53.7 Å². The number of fused-ring (bicyclic) bond motifs is 10. The number of para-hydroxylation sites is 5. The van der Waals surface area contributed by atoms with E-state index in [-0.39, 0.29) is 0 Å². The molecule has 0 aliphatic rings. The van der Waals surface area contributed by atoms with Gasteiger partial charge in [-0.05, 0) is 48.5 Å². The zero-order valence-electron chi connectivity index (χ0n) is 30.0. The van der Waals surface area contributed by atoms with Gasteiger partial charge in [-0.1, -0.05) is 140 Å². The first kappa shape index (κ1) is 30.7. The van der Waals surface area contributed by atoms with Gasteiger partial charge in [-0.2, -0.15) is 0 Å². The van der Waals surface area contributed by atoms with Crippen LogP contribution in [0.4, 0.5) is 0 Å². The molecule has 0 spiro atoms. The monoisotopic (exact) mass is 717 g/mol. The van der Waals surface area contributed by atoms with Gasteiger partial charge in [-0.3, -0.25) is 4.57 Å². The van der Waals surface area contributed by atoms with Crippen molar-refractivity contribution in [3.63, 3.8) is 0 Å². The second kappa shape index (κ2) is 11.9. The van der Waals surface area contributed by atoms with Crippen LogP contribution in [-0.2, 0) is 0 Å². The lowest BCUT2D eigenvalue weighted by Gasteiger charge is -2.17. The molecule has 56 heavy (non-hydrogen) atoms. The number of furan rings is 1. The molecule has 0 saturated carbocycles. The Labute approximate surface area is 320 Å². The Bertz CT molecular complexity index is 3420. The van der Waals surface area contributed by atoms with Crippen molar-refractivity contribution in [2.75, 3.05) is 0 Å². The number of hydrogen-bond acceptors (Lipinski definition) is 3. The Morgan fingerprint density at radius 1 is 0.339 bits per heavy atom. The first-order chi connectivity index (χ1) is 27.8. The molecule has 6 heteroatoms. The average molecular weight is 718 g/mol. The smallest absolute Gasteiger partial charge is 0.168 e. The normalized spacial score (nSPS) is 11.9. The zero-order valence-corrected chi connectivity index (χ0v) is 30.0. The van der Waals surface area contributed by atoms with Crippen LogP contribution in [0.5, 0.6) is 0 Å². The van der Waals surface area contributed by atoms with Crippen LogP contribution in [0.2, 0.25) is 0 Å². The summed E-state index contributed by atoms with van der Waals surface area (Å²) in [7, 11) is 0. The average Bonchev–Trinajstić information content (AvgIpc) is 4.04. The highest BCUT2D eigenvalue weighted by Gasteiger charge is 2.25. The van der Waals surface area contributed by atoms with Crippen molar-refractivity contribution < 1.29 is 4.42 Å². The highest BCUT2D eigenvalue weighted by Crippen LogP contribution is 2.44. The first-order valence-electron chi connectivity index (χ1n) is 18.9. The molecule has 12 rings (SSSR count). The third-order valence-corrected chi connectivity index (χ3v) is 11.2. The summed E-state index contributed by atoms with van der Waals surface area (Å²) in [5, 5.41) is 16.5. The lowest BCUT2D eigenvalue weighted by atomic mass is 10.1. The summed E-state index contributed by atoms with van der Waals surface area (Å²) in [5.74, 6) is 1.57. The van der Waals surface area contributed by atoms with E-state index < -0.39 is 0 Å². The Kier molecular flexibility index (Phi) is 6.53. The molecule has 262 valence electrons. The molecule has 0 atom stereocenters. The lowest BCUT2D eigenvalue weighted by Crippen LogP contribution is -2.04. The number of benzene rings is 8. The van der Waals surface area contributed by atoms with Crippen LogP contribution in [-0.4, -0.2) is 23.9 Å². The molecular formula is C50H31N5O. The molecular weight excluding hydrogens is 687 g/mol. The SMILES string of the molecule is c1ccc(-c2nnc(-c3ccccc3)n2-c2cccc3c2c2ccccc2n3-c2ccccc2-n2c3ccccc3c3ccc4c5ccccc5oc4c32)cc1. The maximum atomic E-state index is 6.74. The van der Waals surface area contributed by atoms with Crippen LogP contribution in [0, 0.1) is 0 Å². The van der Waals surface area contributed by atoms with E-state index in [0.717, 1.165) is 100 Å². The summed E-state index contributed by atoms with van der Waals surface area (Å²) >= 11 is 0. The van der Waals surface area contributed by atoms with Crippen LogP contribution in [0.3, 0.4) is 0 Å². The summed E-state index contributed by atoms with van der Waals surface area (Å²) in [5.41, 5.74) is 11.2. The fourth-order valence-electron chi connectivity index (χ4n) is 8.83. The predicted molar refractivity (Wildman–Crippen MR) is 228 cm³/mol. The number of aromatic nitrogens is 5. The van der Waals surface area contributed by atoms with E-state index in [4.69, 9.17) is 14.6 Å². The quantitative estimate of drug-likeness (QED) is 0.178. The summed E-state index contributed by atoms with van der Waals surface area (Å²) < 4.78 is 13.8. The van der Waals surface area contributed by atoms with E-state index in [1.165, 1.54) is 5.39 Å². The molecule has 0 fully saturated rings. The van der Waals surface area contributed by atoms with Gasteiger partial charge in [0.15, 0.2) is 17.2 Å². The van der Waals surface area contributed by atoms with E-state index in [1.54, 1.807) is 0 Å². The van der Waals surface area contributed by atoms with Gasteiger partial charge in [0.2, 0.25) is 0 Å². The maximum Gasteiger partial charge on any atom is 0.168 e. The summed E-state index contributed by atoms with van der Waals surface area (Å²) in [6.45, 7) is 0. The molecule has 0 aliphatic carbocycles. The number of rotatable bonds is 5. The number of hydrogen-bond donors (Lipinski definition) is 0. The Morgan fingerprint density at radius 2 is 0.857 bits per heavy atom. The molecule has 6 nitrogen and oxygen atoms in total. The van der Waals surface area contributed by atoms with E-state index in [1.807, 2.05) is 42.5 Å². The van der Waals surface area contributed by atoms with Crippen molar-refractivity contribution in [3.05, 3.63) is 188 Å². The van der Waals surface area contributed by atoms with E-state index in [0.29, 0.717) is 0 Å². The second-order valence-corrected chi connectivity index (χ2v) is 14.2. The predicted octanol–water partition coefficient (Wildman–Crippen LogP) is 12.7. The van der Waals surface area contributed by atoms with Crippen LogP contribution in [0.15, 0.2) is 192 Å². The minimum atomic E-state index is 0.786. The molecule has 0 bridgehead atoms. The minimum absolute atomic E-state index is 0.786. The van der Waals surface area contributed by atoms with E-state index in [9.17, 15) is 0 Å². The molecule has 0 amide bonds. The highest BCUT2D eigenvalue weighted by molar-refractivity contribution is 6.22. The standard InChI is InChI=1S/C50H31N5O/c1-3-16-32(17-4-1)49-51-52-50(33-18-5-2-6-19-33)55(49)44-28-15-27-43-46(44)38-22-8-11-24-40(38)53(43)41-25-12-13-26-42(41)54-39-23-10-7-20-34(39)36-30-31-37-35-21-9-14-29-45(35)56-48(37)47(36)54/h1-31H. The molecule has 0 aliphatic heterocycles.